The number of anilines is 1. The first-order valence-corrected chi connectivity index (χ1v) is 7.13. The third-order valence-corrected chi connectivity index (χ3v) is 4.44. The fraction of sp³-hybridized carbons (Fsp3) is 0.167. The van der Waals surface area contributed by atoms with E-state index in [-0.39, 0.29) is 0 Å². The summed E-state index contributed by atoms with van der Waals surface area (Å²) in [6.45, 7) is 1.99. The molecule has 0 saturated heterocycles. The van der Waals surface area contributed by atoms with Gasteiger partial charge in [-0.25, -0.2) is 0 Å². The topological polar surface area (TPSA) is 64.9 Å². The molecule has 0 unspecified atom stereocenters. The van der Waals surface area contributed by atoms with Crippen LogP contribution in [0.4, 0.5) is 5.00 Å². The second-order valence-electron chi connectivity index (χ2n) is 3.93. The van der Waals surface area contributed by atoms with Crippen molar-refractivity contribution in [2.24, 2.45) is 0 Å². The second kappa shape index (κ2) is 4.55. The maximum Gasteiger partial charge on any atom is 0.268 e. The highest BCUT2D eigenvalue weighted by atomic mass is 32.1. The van der Waals surface area contributed by atoms with Crippen LogP contribution in [0.2, 0.25) is 0 Å². The van der Waals surface area contributed by atoms with Gasteiger partial charge in [0.25, 0.3) is 5.89 Å². The predicted molar refractivity (Wildman–Crippen MR) is 73.9 cm³/mol. The summed E-state index contributed by atoms with van der Waals surface area (Å²) in [4.78, 5) is 6.60. The molecule has 0 radical (unpaired) electrons. The van der Waals surface area contributed by atoms with Crippen LogP contribution in [-0.2, 0) is 6.42 Å². The number of rotatable bonds is 3. The molecule has 0 aliphatic carbocycles. The van der Waals surface area contributed by atoms with Crippen LogP contribution in [0.1, 0.15) is 16.3 Å². The first-order chi connectivity index (χ1) is 8.72. The third kappa shape index (κ3) is 2.16. The number of nitrogens with two attached hydrogens (primary N) is 1. The van der Waals surface area contributed by atoms with E-state index in [1.54, 1.807) is 11.3 Å². The molecule has 3 rings (SSSR count). The van der Waals surface area contributed by atoms with E-state index in [1.807, 2.05) is 24.4 Å². The molecule has 3 heterocycles. The van der Waals surface area contributed by atoms with Gasteiger partial charge in [-0.05, 0) is 30.0 Å². The van der Waals surface area contributed by atoms with Gasteiger partial charge in [0.1, 0.15) is 0 Å². The van der Waals surface area contributed by atoms with Crippen LogP contribution < -0.4 is 5.73 Å². The summed E-state index contributed by atoms with van der Waals surface area (Å²) >= 11 is 3.16. The van der Waals surface area contributed by atoms with Crippen LogP contribution in [0, 0.1) is 6.92 Å². The molecule has 2 N–H and O–H groups in total. The summed E-state index contributed by atoms with van der Waals surface area (Å²) in [5, 5.41) is 6.81. The van der Waals surface area contributed by atoms with Gasteiger partial charge in [0.2, 0.25) is 0 Å². The van der Waals surface area contributed by atoms with Crippen molar-refractivity contribution in [3.05, 3.63) is 39.8 Å². The van der Waals surface area contributed by atoms with E-state index in [9.17, 15) is 0 Å². The minimum atomic E-state index is 0.556. The number of hydrogen-bond donors (Lipinski definition) is 1. The Bertz CT molecular complexity index is 655. The zero-order valence-corrected chi connectivity index (χ0v) is 11.3. The Labute approximate surface area is 112 Å². The van der Waals surface area contributed by atoms with E-state index in [0.717, 1.165) is 15.4 Å². The highest BCUT2D eigenvalue weighted by Crippen LogP contribution is 2.32. The molecule has 3 aromatic heterocycles. The number of hydrogen-bond acceptors (Lipinski definition) is 6. The zero-order valence-electron chi connectivity index (χ0n) is 9.71. The van der Waals surface area contributed by atoms with Crippen LogP contribution in [0.15, 0.2) is 28.1 Å². The lowest BCUT2D eigenvalue weighted by atomic mass is 10.3. The number of aromatic nitrogens is 2. The van der Waals surface area contributed by atoms with Gasteiger partial charge in [0, 0.05) is 11.3 Å². The van der Waals surface area contributed by atoms with Gasteiger partial charge in [-0.1, -0.05) is 11.2 Å². The average molecular weight is 277 g/mol. The normalized spacial score (nSPS) is 10.9. The molecule has 0 aliphatic rings. The Morgan fingerprint density at radius 1 is 1.44 bits per heavy atom. The SMILES string of the molecule is Cc1cc(N)sc1-c1nc(Cc2cccs2)no1. The monoisotopic (exact) mass is 277 g/mol. The van der Waals surface area contributed by atoms with Gasteiger partial charge < -0.3 is 10.3 Å². The minimum absolute atomic E-state index is 0.556. The first-order valence-electron chi connectivity index (χ1n) is 5.43. The molecule has 0 aliphatic heterocycles. The van der Waals surface area contributed by atoms with Crippen molar-refractivity contribution in [3.8, 4) is 10.8 Å². The number of nitrogen functional groups attached to an aromatic ring is 1. The van der Waals surface area contributed by atoms with E-state index >= 15 is 0 Å². The summed E-state index contributed by atoms with van der Waals surface area (Å²) in [5.74, 6) is 1.26. The van der Waals surface area contributed by atoms with Crippen molar-refractivity contribution < 1.29 is 4.52 Å². The lowest BCUT2D eigenvalue weighted by Crippen LogP contribution is -1.87. The van der Waals surface area contributed by atoms with Crippen LogP contribution in [-0.4, -0.2) is 10.1 Å². The molecule has 0 spiro atoms. The van der Waals surface area contributed by atoms with Crippen molar-refractivity contribution >= 4 is 27.7 Å². The Hall–Kier alpha value is -1.66. The highest BCUT2D eigenvalue weighted by Gasteiger charge is 2.14. The Balaban J connectivity index is 1.87. The highest BCUT2D eigenvalue weighted by molar-refractivity contribution is 7.19. The number of aryl methyl sites for hydroxylation is 1. The van der Waals surface area contributed by atoms with Gasteiger partial charge in [0.15, 0.2) is 5.82 Å². The lowest BCUT2D eigenvalue weighted by molar-refractivity contribution is 0.424. The van der Waals surface area contributed by atoms with E-state index in [0.29, 0.717) is 18.1 Å². The minimum Gasteiger partial charge on any atom is -0.391 e. The average Bonchev–Trinajstić information content (AvgIpc) is 3.01. The van der Waals surface area contributed by atoms with Crippen molar-refractivity contribution in [3.63, 3.8) is 0 Å². The van der Waals surface area contributed by atoms with Gasteiger partial charge in [-0.3, -0.25) is 0 Å². The summed E-state index contributed by atoms with van der Waals surface area (Å²) < 4.78 is 5.29. The van der Waals surface area contributed by atoms with Crippen molar-refractivity contribution in [1.82, 2.24) is 10.1 Å². The largest absolute Gasteiger partial charge is 0.391 e. The molecular weight excluding hydrogens is 266 g/mol. The molecule has 3 aromatic rings. The molecule has 4 nitrogen and oxygen atoms in total. The van der Waals surface area contributed by atoms with E-state index in [2.05, 4.69) is 16.2 Å². The number of nitrogens with zero attached hydrogens (tertiary/aromatic N) is 2. The van der Waals surface area contributed by atoms with E-state index in [1.165, 1.54) is 16.2 Å². The van der Waals surface area contributed by atoms with Crippen LogP contribution in [0.5, 0.6) is 0 Å². The molecule has 6 heteroatoms. The van der Waals surface area contributed by atoms with E-state index < -0.39 is 0 Å². The van der Waals surface area contributed by atoms with Crippen LogP contribution in [0.25, 0.3) is 10.8 Å². The third-order valence-electron chi connectivity index (χ3n) is 2.51. The van der Waals surface area contributed by atoms with Gasteiger partial charge in [-0.2, -0.15) is 4.98 Å². The van der Waals surface area contributed by atoms with Crippen molar-refractivity contribution in [2.45, 2.75) is 13.3 Å². The fourth-order valence-electron chi connectivity index (χ4n) is 1.71. The molecule has 0 saturated carbocycles. The smallest absolute Gasteiger partial charge is 0.268 e. The van der Waals surface area contributed by atoms with Gasteiger partial charge in [0.05, 0.1) is 9.88 Å². The molecule has 0 atom stereocenters. The summed E-state index contributed by atoms with van der Waals surface area (Å²) in [5.41, 5.74) is 6.84. The maximum absolute atomic E-state index is 5.76. The lowest BCUT2D eigenvalue weighted by Gasteiger charge is -1.89. The Morgan fingerprint density at radius 3 is 3.00 bits per heavy atom. The maximum atomic E-state index is 5.76. The van der Waals surface area contributed by atoms with Gasteiger partial charge >= 0.3 is 0 Å². The molecule has 0 bridgehead atoms. The summed E-state index contributed by atoms with van der Waals surface area (Å²) in [6.07, 6.45) is 0.709. The first kappa shape index (κ1) is 11.4. The Kier molecular flexibility index (Phi) is 2.89. The summed E-state index contributed by atoms with van der Waals surface area (Å²) in [6, 6.07) is 6.00. The quantitative estimate of drug-likeness (QED) is 0.797. The van der Waals surface area contributed by atoms with Gasteiger partial charge in [-0.15, -0.1) is 22.7 Å². The van der Waals surface area contributed by atoms with Crippen LogP contribution >= 0.6 is 22.7 Å². The summed E-state index contributed by atoms with van der Waals surface area (Å²) in [7, 11) is 0. The van der Waals surface area contributed by atoms with Crippen molar-refractivity contribution in [1.29, 1.82) is 0 Å². The van der Waals surface area contributed by atoms with Crippen LogP contribution in [0.3, 0.4) is 0 Å². The standard InChI is InChI=1S/C12H11N3OS2/c1-7-5-9(13)18-11(7)12-14-10(15-16-12)6-8-3-2-4-17-8/h2-5H,6,13H2,1H3. The molecular formula is C12H11N3OS2. The molecule has 18 heavy (non-hydrogen) atoms. The number of thiophene rings is 2. The fourth-order valence-corrected chi connectivity index (χ4v) is 3.27. The van der Waals surface area contributed by atoms with Crippen molar-refractivity contribution in [2.75, 3.05) is 5.73 Å². The molecule has 0 amide bonds. The molecule has 0 fully saturated rings. The van der Waals surface area contributed by atoms with E-state index in [4.69, 9.17) is 10.3 Å². The second-order valence-corrected chi connectivity index (χ2v) is 6.05. The molecule has 92 valence electrons. The molecule has 0 aromatic carbocycles. The zero-order chi connectivity index (χ0) is 12.5. The Morgan fingerprint density at radius 2 is 2.33 bits per heavy atom. The predicted octanol–water partition coefficient (Wildman–Crippen LogP) is 3.34.